The highest BCUT2D eigenvalue weighted by Gasteiger charge is 2.33. The highest BCUT2D eigenvalue weighted by atomic mass is 14.4. The minimum atomic E-state index is 0.789. The van der Waals surface area contributed by atoms with Crippen LogP contribution in [0.1, 0.15) is 89.5 Å². The normalized spacial score (nSPS) is 24.4. The van der Waals surface area contributed by atoms with Gasteiger partial charge in [-0.1, -0.05) is 89.5 Å². The monoisotopic (exact) mass is 324 g/mol. The third kappa shape index (κ3) is 6.09. The Labute approximate surface area is 149 Å². The Morgan fingerprint density at radius 3 is 0.913 bits per heavy atom. The predicted molar refractivity (Wildman–Crippen MR) is 108 cm³/mol. The molecule has 0 rings (SSSR count). The lowest BCUT2D eigenvalue weighted by Gasteiger charge is -2.40. The van der Waals surface area contributed by atoms with Crippen molar-refractivity contribution in [2.45, 2.75) is 89.5 Å². The largest absolute Gasteiger partial charge is 0.0651 e. The fourth-order valence-electron chi connectivity index (χ4n) is 4.37. The zero-order valence-corrected chi connectivity index (χ0v) is 18.5. The third-order valence-electron chi connectivity index (χ3n) is 8.40. The van der Waals surface area contributed by atoms with Crippen LogP contribution in [0.3, 0.4) is 0 Å². The molecule has 0 heteroatoms. The minimum absolute atomic E-state index is 0.789. The Balaban J connectivity index is 4.89. The highest BCUT2D eigenvalue weighted by molar-refractivity contribution is 4.82. The number of hydrogen-bond donors (Lipinski definition) is 0. The molecule has 0 aliphatic heterocycles. The fraction of sp³-hybridized carbons (Fsp3) is 1.00. The summed E-state index contributed by atoms with van der Waals surface area (Å²) in [7, 11) is 0. The van der Waals surface area contributed by atoms with Gasteiger partial charge >= 0.3 is 0 Å². The van der Waals surface area contributed by atoms with Gasteiger partial charge in [0, 0.05) is 0 Å². The van der Waals surface area contributed by atoms with Gasteiger partial charge in [0.15, 0.2) is 0 Å². The van der Waals surface area contributed by atoms with Crippen molar-refractivity contribution in [2.24, 2.45) is 59.2 Å². The van der Waals surface area contributed by atoms with Gasteiger partial charge < -0.3 is 0 Å². The summed E-state index contributed by atoms with van der Waals surface area (Å²) in [6, 6.07) is 0. The topological polar surface area (TPSA) is 0 Å². The molecule has 0 aromatic rings. The van der Waals surface area contributed by atoms with E-state index in [9.17, 15) is 0 Å². The summed E-state index contributed by atoms with van der Waals surface area (Å²) in [6.45, 7) is 29.4. The molecule has 0 heterocycles. The van der Waals surface area contributed by atoms with Gasteiger partial charge in [-0.05, 0) is 59.2 Å². The lowest BCUT2D eigenvalue weighted by Crippen LogP contribution is -2.34. The molecule has 0 fully saturated rings. The van der Waals surface area contributed by atoms with Gasteiger partial charge in [-0.25, -0.2) is 0 Å². The second kappa shape index (κ2) is 10.1. The van der Waals surface area contributed by atoms with E-state index in [2.05, 4.69) is 83.1 Å². The molecule has 23 heavy (non-hydrogen) atoms. The van der Waals surface area contributed by atoms with Crippen molar-refractivity contribution in [1.82, 2.24) is 0 Å². The molecule has 0 bridgehead atoms. The van der Waals surface area contributed by atoms with Crippen molar-refractivity contribution in [3.05, 3.63) is 0 Å². The van der Waals surface area contributed by atoms with Crippen LogP contribution in [0.2, 0.25) is 0 Å². The van der Waals surface area contributed by atoms with Gasteiger partial charge in [-0.2, -0.15) is 0 Å². The molecule has 0 amide bonds. The molecule has 0 aliphatic carbocycles. The average Bonchev–Trinajstić information content (AvgIpc) is 2.55. The summed E-state index contributed by atoms with van der Waals surface area (Å²) >= 11 is 0. The summed E-state index contributed by atoms with van der Waals surface area (Å²) in [5.41, 5.74) is 0. The molecule has 0 nitrogen and oxygen atoms in total. The first-order chi connectivity index (χ1) is 10.5. The molecule has 0 N–H and O–H groups in total. The lowest BCUT2D eigenvalue weighted by atomic mass is 9.65. The number of hydrogen-bond acceptors (Lipinski definition) is 0. The molecular weight excluding hydrogens is 276 g/mol. The maximum absolute atomic E-state index is 2.51. The quantitative estimate of drug-likeness (QED) is 0.385. The van der Waals surface area contributed by atoms with E-state index < -0.39 is 0 Å². The van der Waals surface area contributed by atoms with E-state index in [0.29, 0.717) is 0 Å². The van der Waals surface area contributed by atoms with Crippen LogP contribution < -0.4 is 0 Å². The first-order valence-corrected chi connectivity index (χ1v) is 10.5. The van der Waals surface area contributed by atoms with Gasteiger partial charge in [0.25, 0.3) is 0 Å². The van der Waals surface area contributed by atoms with Crippen LogP contribution in [0.25, 0.3) is 0 Å². The van der Waals surface area contributed by atoms with Crippen LogP contribution in [0.5, 0.6) is 0 Å². The summed E-state index contributed by atoms with van der Waals surface area (Å²) in [5.74, 6) is 8.09. The molecule has 9 unspecified atom stereocenters. The van der Waals surface area contributed by atoms with E-state index in [1.54, 1.807) is 0 Å². The Hall–Kier alpha value is 0. The molecule has 0 saturated heterocycles. The molecule has 0 radical (unpaired) electrons. The van der Waals surface area contributed by atoms with Gasteiger partial charge in [0.1, 0.15) is 0 Å². The zero-order chi connectivity index (χ0) is 18.5. The van der Waals surface area contributed by atoms with Crippen molar-refractivity contribution < 1.29 is 0 Å². The van der Waals surface area contributed by atoms with E-state index in [1.807, 2.05) is 0 Å². The van der Waals surface area contributed by atoms with Crippen LogP contribution >= 0.6 is 0 Å². The van der Waals surface area contributed by atoms with Crippen LogP contribution in [0.15, 0.2) is 0 Å². The molecule has 0 aromatic carbocycles. The van der Waals surface area contributed by atoms with E-state index in [0.717, 1.165) is 59.2 Å². The second-order valence-electron chi connectivity index (χ2n) is 9.50. The molecule has 9 atom stereocenters. The molecule has 0 aliphatic rings. The predicted octanol–water partition coefficient (Wildman–Crippen LogP) is 7.78. The van der Waals surface area contributed by atoms with Gasteiger partial charge in [0.05, 0.1) is 0 Å². The SMILES string of the molecule is CCC(C)C(C)C(C)C(C)C(C)C(C)C(C)C(C)C(C)C(C)C. The van der Waals surface area contributed by atoms with E-state index in [4.69, 9.17) is 0 Å². The first kappa shape index (κ1) is 23.0. The van der Waals surface area contributed by atoms with Crippen molar-refractivity contribution in [1.29, 1.82) is 0 Å². The van der Waals surface area contributed by atoms with E-state index in [1.165, 1.54) is 6.42 Å². The zero-order valence-electron chi connectivity index (χ0n) is 18.5. The Bertz CT molecular complexity index is 305. The average molecular weight is 325 g/mol. The Morgan fingerprint density at radius 1 is 0.391 bits per heavy atom. The summed E-state index contributed by atoms with van der Waals surface area (Å²) in [5, 5.41) is 0. The Kier molecular flexibility index (Phi) is 10.1. The summed E-state index contributed by atoms with van der Waals surface area (Å²) in [4.78, 5) is 0. The highest BCUT2D eigenvalue weighted by Crippen LogP contribution is 2.40. The first-order valence-electron chi connectivity index (χ1n) is 10.5. The van der Waals surface area contributed by atoms with Crippen LogP contribution in [-0.4, -0.2) is 0 Å². The van der Waals surface area contributed by atoms with E-state index in [-0.39, 0.29) is 0 Å². The smallest absolute Gasteiger partial charge is 0.0386 e. The minimum Gasteiger partial charge on any atom is -0.0651 e. The van der Waals surface area contributed by atoms with Crippen molar-refractivity contribution in [3.8, 4) is 0 Å². The van der Waals surface area contributed by atoms with Crippen molar-refractivity contribution in [2.75, 3.05) is 0 Å². The van der Waals surface area contributed by atoms with E-state index >= 15 is 0 Å². The van der Waals surface area contributed by atoms with Crippen LogP contribution in [0, 0.1) is 59.2 Å². The molecule has 0 spiro atoms. The lowest BCUT2D eigenvalue weighted by molar-refractivity contribution is 0.0831. The molecule has 0 saturated carbocycles. The maximum atomic E-state index is 2.51. The maximum Gasteiger partial charge on any atom is -0.0386 e. The van der Waals surface area contributed by atoms with Crippen molar-refractivity contribution in [3.63, 3.8) is 0 Å². The molecule has 140 valence electrons. The molecule has 0 aromatic heterocycles. The summed E-state index contributed by atoms with van der Waals surface area (Å²) < 4.78 is 0. The number of rotatable bonds is 10. The third-order valence-corrected chi connectivity index (χ3v) is 8.40. The standard InChI is InChI=1S/C23H48/c1-13-15(4)17(6)19(8)21(10)23(12)22(11)20(9)18(7)16(5)14(2)3/h14-23H,13H2,1-12H3. The summed E-state index contributed by atoms with van der Waals surface area (Å²) in [6.07, 6.45) is 1.31. The second-order valence-corrected chi connectivity index (χ2v) is 9.50. The molecular formula is C23H48. The van der Waals surface area contributed by atoms with Crippen molar-refractivity contribution >= 4 is 0 Å². The Morgan fingerprint density at radius 2 is 0.652 bits per heavy atom. The van der Waals surface area contributed by atoms with Crippen LogP contribution in [-0.2, 0) is 0 Å². The van der Waals surface area contributed by atoms with Gasteiger partial charge in [-0.3, -0.25) is 0 Å². The van der Waals surface area contributed by atoms with Gasteiger partial charge in [0.2, 0.25) is 0 Å². The fourth-order valence-corrected chi connectivity index (χ4v) is 4.37. The van der Waals surface area contributed by atoms with Gasteiger partial charge in [-0.15, -0.1) is 0 Å². The van der Waals surface area contributed by atoms with Crippen LogP contribution in [0.4, 0.5) is 0 Å².